The molecule has 1 aromatic rings. The Bertz CT molecular complexity index is 422. The minimum Gasteiger partial charge on any atom is -0.508 e. The van der Waals surface area contributed by atoms with Crippen LogP contribution >= 0.6 is 23.2 Å². The van der Waals surface area contributed by atoms with Crippen LogP contribution < -0.4 is 0 Å². The number of aromatic hydroxyl groups is 1. The third-order valence-corrected chi connectivity index (χ3v) is 2.93. The molecular formula is C14H19Cl2NO2. The van der Waals surface area contributed by atoms with E-state index in [-0.39, 0.29) is 11.7 Å². The van der Waals surface area contributed by atoms with Crippen molar-refractivity contribution in [3.05, 3.63) is 40.9 Å². The first-order valence-electron chi connectivity index (χ1n) is 5.92. The highest BCUT2D eigenvalue weighted by Crippen LogP contribution is 2.24. The van der Waals surface area contributed by atoms with Gasteiger partial charge in [0.2, 0.25) is 5.91 Å². The Morgan fingerprint density at radius 1 is 1.42 bits per heavy atom. The molecule has 0 saturated carbocycles. The van der Waals surface area contributed by atoms with Gasteiger partial charge in [-0.05, 0) is 24.6 Å². The second-order valence-corrected chi connectivity index (χ2v) is 4.67. The smallest absolute Gasteiger partial charge is 0.219 e. The molecule has 0 heterocycles. The Morgan fingerprint density at radius 3 is 2.42 bits per heavy atom. The number of halogens is 2. The number of phenols is 1. The van der Waals surface area contributed by atoms with Crippen LogP contribution in [0.1, 0.15) is 20.3 Å². The zero-order valence-electron chi connectivity index (χ0n) is 11.2. The highest BCUT2D eigenvalue weighted by Gasteiger charge is 2.02. The second kappa shape index (κ2) is 9.70. The molecule has 0 aliphatic carbocycles. The Hall–Kier alpha value is -1.19. The summed E-state index contributed by atoms with van der Waals surface area (Å²) in [7, 11) is 0. The van der Waals surface area contributed by atoms with Crippen molar-refractivity contribution in [3.8, 4) is 5.75 Å². The highest BCUT2D eigenvalue weighted by atomic mass is 35.5. The van der Waals surface area contributed by atoms with E-state index in [2.05, 4.69) is 13.5 Å². The quantitative estimate of drug-likeness (QED) is 0.850. The molecule has 0 atom stereocenters. The fourth-order valence-corrected chi connectivity index (χ4v) is 1.58. The lowest BCUT2D eigenvalue weighted by atomic mass is 10.3. The van der Waals surface area contributed by atoms with Crippen molar-refractivity contribution in [1.29, 1.82) is 0 Å². The minimum absolute atomic E-state index is 0.127. The van der Waals surface area contributed by atoms with Crippen LogP contribution in [0.3, 0.4) is 0 Å². The molecule has 3 nitrogen and oxygen atoms in total. The number of carbonyl (C=O) groups excluding carboxylic acids is 1. The predicted octanol–water partition coefficient (Wildman–Crippen LogP) is 4.13. The van der Waals surface area contributed by atoms with Crippen molar-refractivity contribution in [2.45, 2.75) is 20.3 Å². The van der Waals surface area contributed by atoms with Crippen molar-refractivity contribution in [3.63, 3.8) is 0 Å². The number of phenolic OH excluding ortho intramolecular Hbond substituents is 1. The summed E-state index contributed by atoms with van der Waals surface area (Å²) in [6, 6.07) is 4.41. The summed E-state index contributed by atoms with van der Waals surface area (Å²) < 4.78 is 0. The average Bonchev–Trinajstić information content (AvgIpc) is 2.35. The van der Waals surface area contributed by atoms with E-state index < -0.39 is 0 Å². The molecule has 0 fully saturated rings. The maximum atomic E-state index is 10.8. The van der Waals surface area contributed by atoms with Crippen LogP contribution in [0.15, 0.2) is 30.9 Å². The number of hydrogen-bond donors (Lipinski definition) is 1. The summed E-state index contributed by atoms with van der Waals surface area (Å²) in [6.07, 6.45) is 2.75. The zero-order valence-corrected chi connectivity index (χ0v) is 12.7. The summed E-state index contributed by atoms with van der Waals surface area (Å²) in [5.41, 5.74) is 0. The molecule has 19 heavy (non-hydrogen) atoms. The van der Waals surface area contributed by atoms with Crippen molar-refractivity contribution >= 4 is 29.1 Å². The number of rotatable bonds is 4. The number of carbonyl (C=O) groups is 1. The predicted molar refractivity (Wildman–Crippen MR) is 80.9 cm³/mol. The Morgan fingerprint density at radius 2 is 2.05 bits per heavy atom. The van der Waals surface area contributed by atoms with Crippen molar-refractivity contribution in [2.24, 2.45) is 0 Å². The highest BCUT2D eigenvalue weighted by molar-refractivity contribution is 6.42. The molecule has 0 bridgehead atoms. The minimum atomic E-state index is 0.127. The molecule has 0 saturated heterocycles. The van der Waals surface area contributed by atoms with E-state index in [0.717, 1.165) is 13.0 Å². The van der Waals surface area contributed by atoms with Crippen LogP contribution in [-0.2, 0) is 4.79 Å². The van der Waals surface area contributed by atoms with Crippen LogP contribution in [0.5, 0.6) is 5.75 Å². The van der Waals surface area contributed by atoms with Gasteiger partial charge >= 0.3 is 0 Å². The van der Waals surface area contributed by atoms with Gasteiger partial charge in [0.25, 0.3) is 0 Å². The monoisotopic (exact) mass is 303 g/mol. The lowest BCUT2D eigenvalue weighted by Crippen LogP contribution is -2.29. The summed E-state index contributed by atoms with van der Waals surface area (Å²) in [5.74, 6) is 0.256. The van der Waals surface area contributed by atoms with Gasteiger partial charge in [0.05, 0.1) is 10.0 Å². The standard InChI is InChI=1S/C8H15NO.C6H4Cl2O/c1-4-6-9(7-5-2)8(3)10;7-5-2-1-4(9)3-6(5)8/h4H,1,5-7H2,2-3H3;1-3,9H. The van der Waals surface area contributed by atoms with E-state index in [0.29, 0.717) is 16.6 Å². The molecule has 0 aromatic heterocycles. The van der Waals surface area contributed by atoms with Crippen molar-refractivity contribution in [1.82, 2.24) is 4.90 Å². The molecule has 0 spiro atoms. The van der Waals surface area contributed by atoms with Crippen LogP contribution in [0.2, 0.25) is 10.0 Å². The van der Waals surface area contributed by atoms with Crippen molar-refractivity contribution in [2.75, 3.05) is 13.1 Å². The summed E-state index contributed by atoms with van der Waals surface area (Å²) in [4.78, 5) is 12.6. The van der Waals surface area contributed by atoms with E-state index in [1.807, 2.05) is 0 Å². The van der Waals surface area contributed by atoms with E-state index >= 15 is 0 Å². The number of amides is 1. The molecule has 0 aliphatic rings. The third-order valence-electron chi connectivity index (χ3n) is 2.19. The Kier molecular flexibility index (Phi) is 9.09. The summed E-state index contributed by atoms with van der Waals surface area (Å²) in [6.45, 7) is 8.71. The number of benzene rings is 1. The lowest BCUT2D eigenvalue weighted by Gasteiger charge is -2.17. The SMILES string of the molecule is C=CCN(CCC)C(C)=O.Oc1ccc(Cl)c(Cl)c1. The van der Waals surface area contributed by atoms with Crippen LogP contribution in [-0.4, -0.2) is 29.0 Å². The van der Waals surface area contributed by atoms with Gasteiger partial charge < -0.3 is 10.0 Å². The first-order chi connectivity index (χ1) is 8.92. The van der Waals surface area contributed by atoms with Crippen LogP contribution in [0.4, 0.5) is 0 Å². The Balaban J connectivity index is 0.000000342. The van der Waals surface area contributed by atoms with Gasteiger partial charge in [0, 0.05) is 20.0 Å². The molecule has 0 unspecified atom stereocenters. The van der Waals surface area contributed by atoms with Gasteiger partial charge in [-0.15, -0.1) is 6.58 Å². The second-order valence-electron chi connectivity index (χ2n) is 3.85. The maximum absolute atomic E-state index is 10.8. The molecule has 0 aliphatic heterocycles. The summed E-state index contributed by atoms with van der Waals surface area (Å²) >= 11 is 11.1. The topological polar surface area (TPSA) is 40.5 Å². The third kappa shape index (κ3) is 7.75. The van der Waals surface area contributed by atoms with Gasteiger partial charge in [-0.1, -0.05) is 36.2 Å². The zero-order chi connectivity index (χ0) is 14.8. The maximum Gasteiger partial charge on any atom is 0.219 e. The normalized spacial score (nSPS) is 9.26. The molecule has 1 amide bonds. The fourth-order valence-electron chi connectivity index (χ4n) is 1.29. The van der Waals surface area contributed by atoms with Crippen LogP contribution in [0, 0.1) is 0 Å². The Labute approximate surface area is 124 Å². The average molecular weight is 304 g/mol. The van der Waals surface area contributed by atoms with Gasteiger partial charge in [-0.3, -0.25) is 4.79 Å². The van der Waals surface area contributed by atoms with Gasteiger partial charge in [-0.2, -0.15) is 0 Å². The fraction of sp³-hybridized carbons (Fsp3) is 0.357. The number of hydrogen-bond acceptors (Lipinski definition) is 2. The van der Waals surface area contributed by atoms with Crippen molar-refractivity contribution < 1.29 is 9.90 Å². The summed E-state index contributed by atoms with van der Waals surface area (Å²) in [5, 5.41) is 9.62. The molecule has 0 radical (unpaired) electrons. The lowest BCUT2D eigenvalue weighted by molar-refractivity contribution is -0.128. The van der Waals surface area contributed by atoms with E-state index in [9.17, 15) is 4.79 Å². The number of nitrogens with zero attached hydrogens (tertiary/aromatic N) is 1. The van der Waals surface area contributed by atoms with Gasteiger partial charge in [-0.25, -0.2) is 0 Å². The molecule has 5 heteroatoms. The molecule has 1 rings (SSSR count). The molecule has 106 valence electrons. The van der Waals surface area contributed by atoms with Crippen LogP contribution in [0.25, 0.3) is 0 Å². The first-order valence-corrected chi connectivity index (χ1v) is 6.68. The van der Waals surface area contributed by atoms with Gasteiger partial charge in [0.15, 0.2) is 0 Å². The van der Waals surface area contributed by atoms with Gasteiger partial charge in [0.1, 0.15) is 5.75 Å². The van der Waals surface area contributed by atoms with E-state index in [1.54, 1.807) is 24.0 Å². The first kappa shape index (κ1) is 17.8. The largest absolute Gasteiger partial charge is 0.508 e. The van der Waals surface area contributed by atoms with E-state index in [4.69, 9.17) is 28.3 Å². The van der Waals surface area contributed by atoms with E-state index in [1.165, 1.54) is 12.1 Å². The molecule has 1 N–H and O–H groups in total. The molecule has 1 aromatic carbocycles. The molecular weight excluding hydrogens is 285 g/mol.